The summed E-state index contributed by atoms with van der Waals surface area (Å²) in [4.78, 5) is 11.3. The molecule has 4 heteroatoms. The maximum Gasteiger partial charge on any atom is 0.337 e. The number of benzene rings is 1. The van der Waals surface area contributed by atoms with Crippen molar-refractivity contribution in [3.63, 3.8) is 0 Å². The van der Waals surface area contributed by atoms with Crippen LogP contribution in [-0.4, -0.2) is 20.9 Å². The fraction of sp³-hybridized carbons (Fsp3) is 0.333. The first kappa shape index (κ1) is 13.3. The molecular formula is C15H18N2O2. The van der Waals surface area contributed by atoms with E-state index in [1.54, 1.807) is 16.8 Å². The molecule has 0 radical (unpaired) electrons. The first-order valence-corrected chi connectivity index (χ1v) is 6.35. The number of rotatable bonds is 3. The van der Waals surface area contributed by atoms with Gasteiger partial charge in [-0.15, -0.1) is 0 Å². The van der Waals surface area contributed by atoms with Gasteiger partial charge >= 0.3 is 5.97 Å². The Morgan fingerprint density at radius 1 is 1.32 bits per heavy atom. The van der Waals surface area contributed by atoms with Gasteiger partial charge in [0.2, 0.25) is 0 Å². The molecule has 0 unspecified atom stereocenters. The lowest BCUT2D eigenvalue weighted by atomic mass is 10.1. The van der Waals surface area contributed by atoms with Crippen LogP contribution >= 0.6 is 0 Å². The number of aryl methyl sites for hydroxylation is 2. The smallest absolute Gasteiger partial charge is 0.337 e. The van der Waals surface area contributed by atoms with Gasteiger partial charge in [0.05, 0.1) is 16.9 Å². The van der Waals surface area contributed by atoms with E-state index < -0.39 is 5.97 Å². The standard InChI is InChI=1S/C15H18N2O2/c1-5-12-10(3)16-17(11(12)4)14-8-9(2)6-7-13(14)15(18)19/h6-8H,5H2,1-4H3,(H,18,19). The summed E-state index contributed by atoms with van der Waals surface area (Å²) >= 11 is 0. The van der Waals surface area contributed by atoms with Crippen molar-refractivity contribution in [2.45, 2.75) is 34.1 Å². The summed E-state index contributed by atoms with van der Waals surface area (Å²) in [6, 6.07) is 5.30. The zero-order valence-corrected chi connectivity index (χ0v) is 11.7. The Morgan fingerprint density at radius 3 is 2.53 bits per heavy atom. The van der Waals surface area contributed by atoms with Gasteiger partial charge in [-0.2, -0.15) is 5.10 Å². The Hall–Kier alpha value is -2.10. The van der Waals surface area contributed by atoms with Crippen molar-refractivity contribution in [1.82, 2.24) is 9.78 Å². The van der Waals surface area contributed by atoms with E-state index in [-0.39, 0.29) is 5.56 Å². The summed E-state index contributed by atoms with van der Waals surface area (Å²) in [7, 11) is 0. The van der Waals surface area contributed by atoms with Crippen LogP contribution in [0.4, 0.5) is 0 Å². The Kier molecular flexibility index (Phi) is 3.42. The van der Waals surface area contributed by atoms with Gasteiger partial charge in [-0.25, -0.2) is 9.48 Å². The molecule has 1 aromatic carbocycles. The van der Waals surface area contributed by atoms with Gasteiger partial charge in [0.25, 0.3) is 0 Å². The molecule has 1 aromatic heterocycles. The SMILES string of the molecule is CCc1c(C)nn(-c2cc(C)ccc2C(=O)O)c1C. The monoisotopic (exact) mass is 258 g/mol. The van der Waals surface area contributed by atoms with Crippen molar-refractivity contribution in [2.24, 2.45) is 0 Å². The summed E-state index contributed by atoms with van der Waals surface area (Å²) in [5.74, 6) is -0.930. The Bertz CT molecular complexity index is 642. The van der Waals surface area contributed by atoms with E-state index in [0.717, 1.165) is 23.4 Å². The second-order valence-electron chi connectivity index (χ2n) is 4.74. The van der Waals surface area contributed by atoms with Crippen molar-refractivity contribution in [3.8, 4) is 5.69 Å². The lowest BCUT2D eigenvalue weighted by molar-refractivity contribution is 0.0696. The zero-order valence-electron chi connectivity index (χ0n) is 11.7. The molecule has 0 aliphatic rings. The Balaban J connectivity index is 2.71. The third-order valence-corrected chi connectivity index (χ3v) is 3.41. The first-order valence-electron chi connectivity index (χ1n) is 6.35. The molecule has 0 saturated heterocycles. The molecule has 0 amide bonds. The van der Waals surface area contributed by atoms with Crippen LogP contribution in [0, 0.1) is 20.8 Å². The number of hydrogen-bond acceptors (Lipinski definition) is 2. The highest BCUT2D eigenvalue weighted by Gasteiger charge is 2.17. The van der Waals surface area contributed by atoms with Gasteiger partial charge in [0.1, 0.15) is 0 Å². The van der Waals surface area contributed by atoms with Crippen LogP contribution in [0.2, 0.25) is 0 Å². The highest BCUT2D eigenvalue weighted by atomic mass is 16.4. The number of carboxylic acids is 1. The van der Waals surface area contributed by atoms with Crippen molar-refractivity contribution >= 4 is 5.97 Å². The fourth-order valence-electron chi connectivity index (χ4n) is 2.42. The normalized spacial score (nSPS) is 10.7. The zero-order chi connectivity index (χ0) is 14.2. The first-order chi connectivity index (χ1) is 8.95. The molecule has 0 aliphatic carbocycles. The van der Waals surface area contributed by atoms with Gasteiger partial charge in [0.15, 0.2) is 0 Å². The molecule has 1 N–H and O–H groups in total. The number of nitrogens with zero attached hydrogens (tertiary/aromatic N) is 2. The molecule has 0 fully saturated rings. The number of carbonyl (C=O) groups is 1. The van der Waals surface area contributed by atoms with Gasteiger partial charge in [-0.1, -0.05) is 13.0 Å². The summed E-state index contributed by atoms with van der Waals surface area (Å²) in [5.41, 5.74) is 5.07. The third kappa shape index (κ3) is 2.26. The van der Waals surface area contributed by atoms with Crippen LogP contribution in [0.1, 0.15) is 39.8 Å². The van der Waals surface area contributed by atoms with Crippen LogP contribution in [-0.2, 0) is 6.42 Å². The number of hydrogen-bond donors (Lipinski definition) is 1. The molecule has 100 valence electrons. The highest BCUT2D eigenvalue weighted by Crippen LogP contribution is 2.22. The van der Waals surface area contributed by atoms with E-state index in [1.165, 1.54) is 5.56 Å². The van der Waals surface area contributed by atoms with Crippen molar-refractivity contribution in [1.29, 1.82) is 0 Å². The molecule has 0 bridgehead atoms. The van der Waals surface area contributed by atoms with Crippen molar-refractivity contribution in [2.75, 3.05) is 0 Å². The van der Waals surface area contributed by atoms with Crippen molar-refractivity contribution < 1.29 is 9.90 Å². The highest BCUT2D eigenvalue weighted by molar-refractivity contribution is 5.92. The Morgan fingerprint density at radius 2 is 2.00 bits per heavy atom. The second kappa shape index (κ2) is 4.88. The average Bonchev–Trinajstić information content (AvgIpc) is 2.63. The van der Waals surface area contributed by atoms with E-state index in [9.17, 15) is 9.90 Å². The molecule has 2 aromatic rings. The van der Waals surface area contributed by atoms with E-state index in [2.05, 4.69) is 12.0 Å². The lowest BCUT2D eigenvalue weighted by Crippen LogP contribution is -2.08. The summed E-state index contributed by atoms with van der Waals surface area (Å²) in [6.07, 6.45) is 0.895. The number of aromatic carboxylic acids is 1. The topological polar surface area (TPSA) is 55.1 Å². The minimum absolute atomic E-state index is 0.277. The maximum atomic E-state index is 11.3. The van der Waals surface area contributed by atoms with Gasteiger partial charge in [-0.05, 0) is 50.5 Å². The molecule has 4 nitrogen and oxygen atoms in total. The molecule has 1 heterocycles. The van der Waals surface area contributed by atoms with Crippen LogP contribution in [0.15, 0.2) is 18.2 Å². The van der Waals surface area contributed by atoms with Crippen LogP contribution in [0.5, 0.6) is 0 Å². The lowest BCUT2D eigenvalue weighted by Gasteiger charge is -2.09. The number of aromatic nitrogens is 2. The summed E-state index contributed by atoms with van der Waals surface area (Å²) < 4.78 is 1.74. The molecular weight excluding hydrogens is 240 g/mol. The summed E-state index contributed by atoms with van der Waals surface area (Å²) in [6.45, 7) is 7.96. The van der Waals surface area contributed by atoms with Gasteiger partial charge in [-0.3, -0.25) is 0 Å². The minimum Gasteiger partial charge on any atom is -0.478 e. The van der Waals surface area contributed by atoms with Gasteiger partial charge in [0, 0.05) is 5.69 Å². The van der Waals surface area contributed by atoms with Gasteiger partial charge < -0.3 is 5.11 Å². The van der Waals surface area contributed by atoms with Crippen molar-refractivity contribution in [3.05, 3.63) is 46.3 Å². The quantitative estimate of drug-likeness (QED) is 0.920. The molecule has 0 aliphatic heterocycles. The van der Waals surface area contributed by atoms with E-state index in [0.29, 0.717) is 5.69 Å². The second-order valence-corrected chi connectivity index (χ2v) is 4.74. The third-order valence-electron chi connectivity index (χ3n) is 3.41. The molecule has 19 heavy (non-hydrogen) atoms. The Labute approximate surface area is 112 Å². The average molecular weight is 258 g/mol. The maximum absolute atomic E-state index is 11.3. The molecule has 0 atom stereocenters. The van der Waals surface area contributed by atoms with Crippen LogP contribution in [0.25, 0.3) is 5.69 Å². The molecule has 0 spiro atoms. The number of carboxylic acid groups (broad SMARTS) is 1. The molecule has 0 saturated carbocycles. The van der Waals surface area contributed by atoms with Crippen LogP contribution in [0.3, 0.4) is 0 Å². The predicted molar refractivity (Wildman–Crippen MR) is 74.1 cm³/mol. The summed E-state index contributed by atoms with van der Waals surface area (Å²) in [5, 5.41) is 13.8. The van der Waals surface area contributed by atoms with E-state index in [4.69, 9.17) is 0 Å². The minimum atomic E-state index is -0.930. The van der Waals surface area contributed by atoms with E-state index in [1.807, 2.05) is 26.8 Å². The fourth-order valence-corrected chi connectivity index (χ4v) is 2.42. The van der Waals surface area contributed by atoms with E-state index >= 15 is 0 Å². The van der Waals surface area contributed by atoms with Crippen LogP contribution < -0.4 is 0 Å². The predicted octanol–water partition coefficient (Wildman–Crippen LogP) is 3.06. The largest absolute Gasteiger partial charge is 0.478 e. The molecule has 2 rings (SSSR count).